The number of hydrazine groups is 1. The standard InChI is InChI=1S/C14H20N4O2S/c19-13(16-17-14(20)12-4-2-6-21-12)9-18-5-1-3-10-7-15-8-11(10)18/h2,4,6,10-11,15H,1,3,5,7-9H2,(H,16,19)(H,17,20). The second-order valence-electron chi connectivity index (χ2n) is 5.58. The fourth-order valence-corrected chi connectivity index (χ4v) is 3.80. The largest absolute Gasteiger partial charge is 0.315 e. The molecule has 2 fully saturated rings. The molecule has 7 heteroatoms. The summed E-state index contributed by atoms with van der Waals surface area (Å²) >= 11 is 1.35. The minimum Gasteiger partial charge on any atom is -0.315 e. The molecule has 6 nitrogen and oxygen atoms in total. The van der Waals surface area contributed by atoms with Crippen molar-refractivity contribution in [1.29, 1.82) is 0 Å². The molecule has 0 aromatic carbocycles. The number of likely N-dealkylation sites (tertiary alicyclic amines) is 1. The first-order valence-corrected chi connectivity index (χ1v) is 8.19. The summed E-state index contributed by atoms with van der Waals surface area (Å²) in [5, 5.41) is 5.23. The molecule has 2 saturated heterocycles. The van der Waals surface area contributed by atoms with Crippen LogP contribution in [0.2, 0.25) is 0 Å². The van der Waals surface area contributed by atoms with Gasteiger partial charge in [0.2, 0.25) is 0 Å². The molecule has 1 aromatic heterocycles. The molecular weight excluding hydrogens is 288 g/mol. The summed E-state index contributed by atoms with van der Waals surface area (Å²) in [5.74, 6) is 0.233. The van der Waals surface area contributed by atoms with Gasteiger partial charge in [0.15, 0.2) is 0 Å². The number of amides is 2. The van der Waals surface area contributed by atoms with Gasteiger partial charge in [0.25, 0.3) is 11.8 Å². The van der Waals surface area contributed by atoms with Crippen LogP contribution in [0.3, 0.4) is 0 Å². The van der Waals surface area contributed by atoms with Gasteiger partial charge in [-0.05, 0) is 43.3 Å². The SMILES string of the molecule is O=C(CN1CCCC2CNCC21)NNC(=O)c1cccs1. The summed E-state index contributed by atoms with van der Waals surface area (Å²) in [4.78, 5) is 26.5. The normalized spacial score (nSPS) is 25.3. The number of nitrogens with one attached hydrogen (secondary N) is 3. The van der Waals surface area contributed by atoms with Gasteiger partial charge in [0.1, 0.15) is 0 Å². The highest BCUT2D eigenvalue weighted by atomic mass is 32.1. The van der Waals surface area contributed by atoms with Crippen LogP contribution in [0, 0.1) is 5.92 Å². The van der Waals surface area contributed by atoms with E-state index in [4.69, 9.17) is 0 Å². The van der Waals surface area contributed by atoms with Crippen molar-refractivity contribution in [2.75, 3.05) is 26.2 Å². The van der Waals surface area contributed by atoms with E-state index >= 15 is 0 Å². The van der Waals surface area contributed by atoms with Gasteiger partial charge in [0.05, 0.1) is 11.4 Å². The van der Waals surface area contributed by atoms with Gasteiger partial charge in [0, 0.05) is 12.6 Å². The van der Waals surface area contributed by atoms with E-state index in [2.05, 4.69) is 21.1 Å². The molecule has 2 aliphatic heterocycles. The quantitative estimate of drug-likeness (QED) is 0.697. The highest BCUT2D eigenvalue weighted by Crippen LogP contribution is 2.25. The second-order valence-corrected chi connectivity index (χ2v) is 6.53. The highest BCUT2D eigenvalue weighted by molar-refractivity contribution is 7.12. The Bertz CT molecular complexity index is 505. The van der Waals surface area contributed by atoms with Crippen molar-refractivity contribution in [3.63, 3.8) is 0 Å². The first-order chi connectivity index (χ1) is 10.2. The van der Waals surface area contributed by atoms with E-state index in [-0.39, 0.29) is 11.8 Å². The number of carbonyl (C=O) groups excluding carboxylic acids is 2. The third kappa shape index (κ3) is 3.42. The van der Waals surface area contributed by atoms with E-state index in [0.717, 1.165) is 26.1 Å². The van der Waals surface area contributed by atoms with E-state index in [9.17, 15) is 9.59 Å². The molecule has 3 rings (SSSR count). The lowest BCUT2D eigenvalue weighted by atomic mass is 9.92. The number of nitrogens with zero attached hydrogens (tertiary/aromatic N) is 1. The predicted octanol–water partition coefficient (Wildman–Crippen LogP) is 0.193. The summed E-state index contributed by atoms with van der Waals surface area (Å²) < 4.78 is 0. The zero-order valence-corrected chi connectivity index (χ0v) is 12.6. The molecule has 2 atom stereocenters. The molecule has 1 aromatic rings. The average Bonchev–Trinajstić information content (AvgIpc) is 3.16. The van der Waals surface area contributed by atoms with Gasteiger partial charge in [-0.25, -0.2) is 0 Å². The van der Waals surface area contributed by atoms with Crippen molar-refractivity contribution in [3.05, 3.63) is 22.4 Å². The molecule has 3 heterocycles. The maximum Gasteiger partial charge on any atom is 0.279 e. The van der Waals surface area contributed by atoms with Gasteiger partial charge in [-0.15, -0.1) is 11.3 Å². The minimum absolute atomic E-state index is 0.160. The van der Waals surface area contributed by atoms with Crippen molar-refractivity contribution < 1.29 is 9.59 Å². The van der Waals surface area contributed by atoms with Crippen molar-refractivity contribution in [3.8, 4) is 0 Å². The van der Waals surface area contributed by atoms with Crippen molar-refractivity contribution >= 4 is 23.2 Å². The number of thiophene rings is 1. The molecule has 3 N–H and O–H groups in total. The monoisotopic (exact) mass is 308 g/mol. The minimum atomic E-state index is -0.266. The van der Waals surface area contributed by atoms with Crippen LogP contribution >= 0.6 is 11.3 Å². The molecule has 0 bridgehead atoms. The van der Waals surface area contributed by atoms with Gasteiger partial charge < -0.3 is 5.32 Å². The van der Waals surface area contributed by atoms with Crippen molar-refractivity contribution in [1.82, 2.24) is 21.1 Å². The molecule has 2 amide bonds. The number of carbonyl (C=O) groups is 2. The van der Waals surface area contributed by atoms with Crippen LogP contribution in [0.1, 0.15) is 22.5 Å². The number of piperidine rings is 1. The average molecular weight is 308 g/mol. The third-order valence-corrected chi connectivity index (χ3v) is 5.07. The highest BCUT2D eigenvalue weighted by Gasteiger charge is 2.35. The molecule has 0 spiro atoms. The molecule has 0 aliphatic carbocycles. The Morgan fingerprint density at radius 1 is 1.38 bits per heavy atom. The number of hydrogen-bond donors (Lipinski definition) is 3. The van der Waals surface area contributed by atoms with E-state index in [1.165, 1.54) is 17.8 Å². The molecule has 0 saturated carbocycles. The lowest BCUT2D eigenvalue weighted by Crippen LogP contribution is -2.52. The predicted molar refractivity (Wildman–Crippen MR) is 80.9 cm³/mol. The molecule has 0 radical (unpaired) electrons. The summed E-state index contributed by atoms with van der Waals surface area (Å²) in [6.07, 6.45) is 2.38. The van der Waals surface area contributed by atoms with E-state index in [0.29, 0.717) is 23.4 Å². The molecular formula is C14H20N4O2S. The van der Waals surface area contributed by atoms with Crippen LogP contribution in [-0.2, 0) is 4.79 Å². The van der Waals surface area contributed by atoms with Gasteiger partial charge >= 0.3 is 0 Å². The van der Waals surface area contributed by atoms with E-state index < -0.39 is 0 Å². The molecule has 21 heavy (non-hydrogen) atoms. The smallest absolute Gasteiger partial charge is 0.279 e. The van der Waals surface area contributed by atoms with Gasteiger partial charge in [-0.2, -0.15) is 0 Å². The van der Waals surface area contributed by atoms with Gasteiger partial charge in [-0.1, -0.05) is 6.07 Å². The third-order valence-electron chi connectivity index (χ3n) is 4.20. The summed E-state index contributed by atoms with van der Waals surface area (Å²) in [5.41, 5.74) is 4.97. The van der Waals surface area contributed by atoms with Crippen molar-refractivity contribution in [2.24, 2.45) is 5.92 Å². The Hall–Kier alpha value is -1.44. The Balaban J connectivity index is 1.46. The zero-order chi connectivity index (χ0) is 14.7. The lowest BCUT2D eigenvalue weighted by Gasteiger charge is -2.36. The second kappa shape index (κ2) is 6.55. The van der Waals surface area contributed by atoms with Crippen molar-refractivity contribution in [2.45, 2.75) is 18.9 Å². The first kappa shape index (κ1) is 14.5. The first-order valence-electron chi connectivity index (χ1n) is 7.31. The lowest BCUT2D eigenvalue weighted by molar-refractivity contribution is -0.124. The fraction of sp³-hybridized carbons (Fsp3) is 0.571. The van der Waals surface area contributed by atoms with Crippen LogP contribution in [0.15, 0.2) is 17.5 Å². The Kier molecular flexibility index (Phi) is 4.52. The molecule has 2 aliphatic rings. The Morgan fingerprint density at radius 2 is 2.29 bits per heavy atom. The maximum atomic E-state index is 12.0. The number of fused-ring (bicyclic) bond motifs is 1. The van der Waals surface area contributed by atoms with E-state index in [1.54, 1.807) is 6.07 Å². The van der Waals surface area contributed by atoms with Crippen LogP contribution in [-0.4, -0.2) is 48.9 Å². The van der Waals surface area contributed by atoms with Crippen LogP contribution in [0.5, 0.6) is 0 Å². The Morgan fingerprint density at radius 3 is 3.10 bits per heavy atom. The summed E-state index contributed by atoms with van der Waals surface area (Å²) in [7, 11) is 0. The zero-order valence-electron chi connectivity index (χ0n) is 11.8. The van der Waals surface area contributed by atoms with Gasteiger partial charge in [-0.3, -0.25) is 25.3 Å². The topological polar surface area (TPSA) is 73.5 Å². The summed E-state index contributed by atoms with van der Waals surface area (Å²) in [6.45, 7) is 3.31. The van der Waals surface area contributed by atoms with Crippen LogP contribution < -0.4 is 16.2 Å². The molecule has 114 valence electrons. The van der Waals surface area contributed by atoms with E-state index in [1.807, 2.05) is 11.4 Å². The van der Waals surface area contributed by atoms with Crippen LogP contribution in [0.4, 0.5) is 0 Å². The number of hydrogen-bond acceptors (Lipinski definition) is 5. The van der Waals surface area contributed by atoms with Crippen LogP contribution in [0.25, 0.3) is 0 Å². The summed E-state index contributed by atoms with van der Waals surface area (Å²) in [6, 6.07) is 3.99. The molecule has 2 unspecified atom stereocenters. The fourth-order valence-electron chi connectivity index (χ4n) is 3.18. The number of rotatable bonds is 3. The maximum absolute atomic E-state index is 12.0. The Labute approximate surface area is 127 Å².